The van der Waals surface area contributed by atoms with Gasteiger partial charge in [-0.15, -0.1) is 0 Å². The molecule has 0 amide bonds. The second-order valence-electron chi connectivity index (χ2n) is 5.39. The van der Waals surface area contributed by atoms with Crippen LogP contribution in [0.25, 0.3) is 0 Å². The van der Waals surface area contributed by atoms with Gasteiger partial charge in [0.15, 0.2) is 0 Å². The molecule has 0 radical (unpaired) electrons. The standard InChI is InChI=1S/C16H25N/c1-3-17-12-16(14-9-6-10-14)11-15-8-5-4-7-13(15)2/h4-5,7-8,14,16-17H,3,6,9-12H2,1-2H3. The van der Waals surface area contributed by atoms with E-state index >= 15 is 0 Å². The van der Waals surface area contributed by atoms with Crippen molar-refractivity contribution in [3.05, 3.63) is 35.4 Å². The highest BCUT2D eigenvalue weighted by Gasteiger charge is 2.27. The Balaban J connectivity index is 1.98. The Morgan fingerprint density at radius 3 is 2.65 bits per heavy atom. The highest BCUT2D eigenvalue weighted by Crippen LogP contribution is 2.35. The highest BCUT2D eigenvalue weighted by molar-refractivity contribution is 5.26. The molecule has 0 aliphatic heterocycles. The molecule has 1 heteroatoms. The van der Waals surface area contributed by atoms with Crippen LogP contribution in [0.4, 0.5) is 0 Å². The molecule has 1 N–H and O–H groups in total. The molecule has 0 saturated heterocycles. The van der Waals surface area contributed by atoms with Crippen molar-refractivity contribution >= 4 is 0 Å². The minimum atomic E-state index is 0.838. The third-order valence-corrected chi connectivity index (χ3v) is 4.22. The Labute approximate surface area is 106 Å². The monoisotopic (exact) mass is 231 g/mol. The molecule has 1 aliphatic rings. The van der Waals surface area contributed by atoms with Gasteiger partial charge in [-0.1, -0.05) is 50.5 Å². The number of hydrogen-bond donors (Lipinski definition) is 1. The number of aryl methyl sites for hydroxylation is 1. The van der Waals surface area contributed by atoms with E-state index in [1.54, 1.807) is 5.56 Å². The van der Waals surface area contributed by atoms with Gasteiger partial charge in [-0.2, -0.15) is 0 Å². The van der Waals surface area contributed by atoms with Gasteiger partial charge in [0.2, 0.25) is 0 Å². The maximum absolute atomic E-state index is 3.54. The summed E-state index contributed by atoms with van der Waals surface area (Å²) in [4.78, 5) is 0. The van der Waals surface area contributed by atoms with Crippen molar-refractivity contribution in [2.45, 2.75) is 39.5 Å². The molecule has 0 spiro atoms. The van der Waals surface area contributed by atoms with Gasteiger partial charge in [-0.05, 0) is 49.4 Å². The van der Waals surface area contributed by atoms with Gasteiger partial charge in [0.25, 0.3) is 0 Å². The molecule has 94 valence electrons. The van der Waals surface area contributed by atoms with E-state index in [0.717, 1.165) is 18.4 Å². The smallest absolute Gasteiger partial charge is 0.00148 e. The molecule has 1 saturated carbocycles. The Morgan fingerprint density at radius 1 is 1.29 bits per heavy atom. The summed E-state index contributed by atoms with van der Waals surface area (Å²) in [6.07, 6.45) is 5.59. The van der Waals surface area contributed by atoms with Gasteiger partial charge >= 0.3 is 0 Å². The molecule has 1 aliphatic carbocycles. The SMILES string of the molecule is CCNCC(Cc1ccccc1C)C1CCC1. The molecule has 1 aromatic carbocycles. The van der Waals surface area contributed by atoms with Gasteiger partial charge in [0.1, 0.15) is 0 Å². The normalized spacial score (nSPS) is 17.8. The third-order valence-electron chi connectivity index (χ3n) is 4.22. The second-order valence-corrected chi connectivity index (χ2v) is 5.39. The van der Waals surface area contributed by atoms with Gasteiger partial charge < -0.3 is 5.32 Å². The van der Waals surface area contributed by atoms with E-state index < -0.39 is 0 Å². The molecule has 1 unspecified atom stereocenters. The summed E-state index contributed by atoms with van der Waals surface area (Å²) in [6, 6.07) is 8.85. The molecular weight excluding hydrogens is 206 g/mol. The summed E-state index contributed by atoms with van der Waals surface area (Å²) < 4.78 is 0. The minimum absolute atomic E-state index is 0.838. The first kappa shape index (κ1) is 12.6. The maximum Gasteiger partial charge on any atom is -0.00148 e. The molecule has 0 heterocycles. The Morgan fingerprint density at radius 2 is 2.06 bits per heavy atom. The molecule has 0 aromatic heterocycles. The summed E-state index contributed by atoms with van der Waals surface area (Å²) in [7, 11) is 0. The predicted octanol–water partition coefficient (Wildman–Crippen LogP) is 3.56. The first-order valence-electron chi connectivity index (χ1n) is 7.06. The molecule has 1 atom stereocenters. The zero-order valence-corrected chi connectivity index (χ0v) is 11.2. The van der Waals surface area contributed by atoms with Crippen LogP contribution in [0.1, 0.15) is 37.3 Å². The summed E-state index contributed by atoms with van der Waals surface area (Å²) in [5, 5.41) is 3.54. The first-order chi connectivity index (χ1) is 8.31. The van der Waals surface area contributed by atoms with Gasteiger partial charge in [0, 0.05) is 0 Å². The summed E-state index contributed by atoms with van der Waals surface area (Å²) >= 11 is 0. The molecular formula is C16H25N. The topological polar surface area (TPSA) is 12.0 Å². The fourth-order valence-corrected chi connectivity index (χ4v) is 2.77. The fourth-order valence-electron chi connectivity index (χ4n) is 2.77. The van der Waals surface area contributed by atoms with Crippen LogP contribution in [0.3, 0.4) is 0 Å². The van der Waals surface area contributed by atoms with Crippen LogP contribution < -0.4 is 5.32 Å². The van der Waals surface area contributed by atoms with E-state index in [1.165, 1.54) is 37.8 Å². The Kier molecular flexibility index (Phi) is 4.61. The van der Waals surface area contributed by atoms with Crippen molar-refractivity contribution in [3.63, 3.8) is 0 Å². The first-order valence-corrected chi connectivity index (χ1v) is 7.06. The Bertz CT molecular complexity index is 341. The van der Waals surface area contributed by atoms with Crippen LogP contribution >= 0.6 is 0 Å². The summed E-state index contributed by atoms with van der Waals surface area (Å²) in [5.74, 6) is 1.80. The molecule has 1 nitrogen and oxygen atoms in total. The lowest BCUT2D eigenvalue weighted by atomic mass is 9.73. The van der Waals surface area contributed by atoms with E-state index in [2.05, 4.69) is 43.4 Å². The lowest BCUT2D eigenvalue weighted by molar-refractivity contribution is 0.200. The maximum atomic E-state index is 3.54. The van der Waals surface area contributed by atoms with E-state index in [4.69, 9.17) is 0 Å². The number of benzene rings is 1. The highest BCUT2D eigenvalue weighted by atomic mass is 14.8. The van der Waals surface area contributed by atoms with E-state index in [-0.39, 0.29) is 0 Å². The van der Waals surface area contributed by atoms with Gasteiger partial charge in [0.05, 0.1) is 0 Å². The zero-order valence-electron chi connectivity index (χ0n) is 11.2. The van der Waals surface area contributed by atoms with Crippen molar-refractivity contribution in [2.24, 2.45) is 11.8 Å². The second kappa shape index (κ2) is 6.20. The van der Waals surface area contributed by atoms with Crippen LogP contribution in [0.2, 0.25) is 0 Å². The Hall–Kier alpha value is -0.820. The molecule has 1 aromatic rings. The lowest BCUT2D eigenvalue weighted by Crippen LogP contribution is -2.33. The number of nitrogens with one attached hydrogen (secondary N) is 1. The lowest BCUT2D eigenvalue weighted by Gasteiger charge is -2.34. The van der Waals surface area contributed by atoms with Crippen LogP contribution in [0.5, 0.6) is 0 Å². The van der Waals surface area contributed by atoms with Crippen molar-refractivity contribution in [2.75, 3.05) is 13.1 Å². The largest absolute Gasteiger partial charge is 0.317 e. The van der Waals surface area contributed by atoms with Crippen LogP contribution in [-0.4, -0.2) is 13.1 Å². The molecule has 2 rings (SSSR count). The van der Waals surface area contributed by atoms with Crippen molar-refractivity contribution in [1.29, 1.82) is 0 Å². The van der Waals surface area contributed by atoms with Gasteiger partial charge in [-0.3, -0.25) is 0 Å². The predicted molar refractivity (Wildman–Crippen MR) is 74.3 cm³/mol. The number of rotatable bonds is 6. The van der Waals surface area contributed by atoms with Crippen molar-refractivity contribution in [3.8, 4) is 0 Å². The fraction of sp³-hybridized carbons (Fsp3) is 0.625. The third kappa shape index (κ3) is 3.32. The average molecular weight is 231 g/mol. The number of hydrogen-bond acceptors (Lipinski definition) is 1. The summed E-state index contributed by atoms with van der Waals surface area (Å²) in [6.45, 7) is 6.72. The average Bonchev–Trinajstić information content (AvgIpc) is 2.26. The van der Waals surface area contributed by atoms with E-state index in [9.17, 15) is 0 Å². The van der Waals surface area contributed by atoms with Crippen LogP contribution in [0.15, 0.2) is 24.3 Å². The van der Waals surface area contributed by atoms with Crippen LogP contribution in [0, 0.1) is 18.8 Å². The van der Waals surface area contributed by atoms with Crippen LogP contribution in [-0.2, 0) is 6.42 Å². The van der Waals surface area contributed by atoms with E-state index in [1.807, 2.05) is 0 Å². The quantitative estimate of drug-likeness (QED) is 0.789. The summed E-state index contributed by atoms with van der Waals surface area (Å²) in [5.41, 5.74) is 3.00. The minimum Gasteiger partial charge on any atom is -0.317 e. The van der Waals surface area contributed by atoms with Gasteiger partial charge in [-0.25, -0.2) is 0 Å². The zero-order chi connectivity index (χ0) is 12.1. The van der Waals surface area contributed by atoms with Crippen molar-refractivity contribution < 1.29 is 0 Å². The molecule has 0 bridgehead atoms. The van der Waals surface area contributed by atoms with E-state index in [0.29, 0.717) is 0 Å². The molecule has 1 fully saturated rings. The molecule has 17 heavy (non-hydrogen) atoms. The van der Waals surface area contributed by atoms with Crippen molar-refractivity contribution in [1.82, 2.24) is 5.32 Å².